The number of rotatable bonds is 6. The van der Waals surface area contributed by atoms with E-state index >= 15 is 0 Å². The third kappa shape index (κ3) is 4.80. The Labute approximate surface area is 211 Å². The molecule has 188 valence electrons. The lowest BCUT2D eigenvalue weighted by Gasteiger charge is -2.37. The van der Waals surface area contributed by atoms with Gasteiger partial charge in [0.1, 0.15) is 5.75 Å². The number of aromatic nitrogens is 2. The summed E-state index contributed by atoms with van der Waals surface area (Å²) in [5.74, 6) is 3.21. The second kappa shape index (κ2) is 10.4. The molecule has 2 aromatic carbocycles. The first-order valence-electron chi connectivity index (χ1n) is 12.3. The van der Waals surface area contributed by atoms with Crippen molar-refractivity contribution in [3.05, 3.63) is 59.7 Å². The van der Waals surface area contributed by atoms with Crippen molar-refractivity contribution in [3.8, 4) is 28.5 Å². The Hall–Kier alpha value is -3.81. The Morgan fingerprint density at radius 3 is 2.31 bits per heavy atom. The minimum Gasteiger partial charge on any atom is -0.497 e. The molecule has 0 spiro atoms. The van der Waals surface area contributed by atoms with E-state index in [1.54, 1.807) is 21.3 Å². The Bertz CT molecular complexity index is 1210. The first-order valence-corrected chi connectivity index (χ1v) is 12.3. The summed E-state index contributed by atoms with van der Waals surface area (Å²) in [6.07, 6.45) is 2.66. The van der Waals surface area contributed by atoms with Crippen molar-refractivity contribution in [2.45, 2.75) is 25.8 Å². The van der Waals surface area contributed by atoms with Crippen molar-refractivity contribution in [2.24, 2.45) is 5.92 Å². The molecule has 8 nitrogen and oxygen atoms in total. The van der Waals surface area contributed by atoms with Gasteiger partial charge in [-0.2, -0.15) is 0 Å². The molecule has 0 bridgehead atoms. The maximum Gasteiger partial charge on any atom is 0.227 e. The van der Waals surface area contributed by atoms with Gasteiger partial charge in [-0.15, -0.1) is 10.2 Å². The van der Waals surface area contributed by atoms with Gasteiger partial charge in [0.15, 0.2) is 17.3 Å². The molecule has 5 rings (SSSR count). The van der Waals surface area contributed by atoms with Gasteiger partial charge >= 0.3 is 0 Å². The Balaban J connectivity index is 1.25. The maximum atomic E-state index is 13.5. The van der Waals surface area contributed by atoms with Crippen LogP contribution in [0.4, 0.5) is 5.82 Å². The lowest BCUT2D eigenvalue weighted by atomic mass is 9.93. The molecule has 0 radical (unpaired) electrons. The number of ether oxygens (including phenoxy) is 3. The summed E-state index contributed by atoms with van der Waals surface area (Å²) < 4.78 is 16.1. The molecular weight excluding hydrogens is 456 g/mol. The molecule has 1 atom stereocenters. The van der Waals surface area contributed by atoms with Crippen LogP contribution in [0.15, 0.2) is 48.5 Å². The summed E-state index contributed by atoms with van der Waals surface area (Å²) >= 11 is 0. The number of fused-ring (bicyclic) bond motifs is 1. The fourth-order valence-electron chi connectivity index (χ4n) is 5.13. The van der Waals surface area contributed by atoms with Crippen LogP contribution in [0.25, 0.3) is 11.3 Å². The van der Waals surface area contributed by atoms with Gasteiger partial charge in [0, 0.05) is 31.7 Å². The molecule has 0 aliphatic carbocycles. The molecule has 3 heterocycles. The highest BCUT2D eigenvalue weighted by Gasteiger charge is 2.32. The van der Waals surface area contributed by atoms with E-state index in [9.17, 15) is 4.79 Å². The fourth-order valence-corrected chi connectivity index (χ4v) is 5.13. The zero-order valence-electron chi connectivity index (χ0n) is 21.1. The summed E-state index contributed by atoms with van der Waals surface area (Å²) in [4.78, 5) is 17.7. The van der Waals surface area contributed by atoms with Crippen LogP contribution in [0, 0.1) is 5.92 Å². The van der Waals surface area contributed by atoms with Crippen LogP contribution < -0.4 is 19.1 Å². The number of amides is 1. The Morgan fingerprint density at radius 1 is 0.889 bits per heavy atom. The van der Waals surface area contributed by atoms with Gasteiger partial charge in [-0.05, 0) is 78.9 Å². The molecule has 0 saturated carbocycles. The quantitative estimate of drug-likeness (QED) is 0.520. The second-order valence-electron chi connectivity index (χ2n) is 9.28. The first-order chi connectivity index (χ1) is 17.6. The minimum absolute atomic E-state index is 0.0523. The lowest BCUT2D eigenvalue weighted by Crippen LogP contribution is -2.46. The van der Waals surface area contributed by atoms with Crippen molar-refractivity contribution >= 4 is 11.7 Å². The lowest BCUT2D eigenvalue weighted by molar-refractivity contribution is -0.136. The van der Waals surface area contributed by atoms with Gasteiger partial charge in [0.25, 0.3) is 0 Å². The molecule has 1 saturated heterocycles. The topological polar surface area (TPSA) is 77.0 Å². The number of benzene rings is 2. The number of hydrogen-bond acceptors (Lipinski definition) is 7. The molecule has 8 heteroatoms. The van der Waals surface area contributed by atoms with Gasteiger partial charge in [0.05, 0.1) is 32.9 Å². The molecule has 1 amide bonds. The largest absolute Gasteiger partial charge is 0.497 e. The summed E-state index contributed by atoms with van der Waals surface area (Å²) in [5.41, 5.74) is 4.14. The van der Waals surface area contributed by atoms with E-state index in [-0.39, 0.29) is 11.8 Å². The molecule has 1 unspecified atom stereocenters. The van der Waals surface area contributed by atoms with E-state index in [2.05, 4.69) is 15.1 Å². The second-order valence-corrected chi connectivity index (χ2v) is 9.28. The van der Waals surface area contributed by atoms with Gasteiger partial charge in [-0.1, -0.05) is 0 Å². The van der Waals surface area contributed by atoms with Crippen molar-refractivity contribution in [1.29, 1.82) is 0 Å². The van der Waals surface area contributed by atoms with Crippen LogP contribution in [0.1, 0.15) is 24.0 Å². The highest BCUT2D eigenvalue weighted by Crippen LogP contribution is 2.34. The zero-order valence-corrected chi connectivity index (χ0v) is 21.1. The van der Waals surface area contributed by atoms with Gasteiger partial charge < -0.3 is 24.0 Å². The van der Waals surface area contributed by atoms with Crippen molar-refractivity contribution in [3.63, 3.8) is 0 Å². The van der Waals surface area contributed by atoms with Crippen LogP contribution in [0.2, 0.25) is 0 Å². The van der Waals surface area contributed by atoms with E-state index in [0.717, 1.165) is 59.9 Å². The Morgan fingerprint density at radius 2 is 1.64 bits per heavy atom. The van der Waals surface area contributed by atoms with Gasteiger partial charge in [-0.3, -0.25) is 4.79 Å². The number of carbonyl (C=O) groups is 1. The SMILES string of the molecule is COc1ccc(-c2ccc(N3CCCC(C(=O)N4CCc5cc(OC)c(OC)cc5C4)C3)nn2)cc1. The van der Waals surface area contributed by atoms with E-state index in [0.29, 0.717) is 25.4 Å². The van der Waals surface area contributed by atoms with Crippen LogP contribution in [0.5, 0.6) is 17.2 Å². The standard InChI is InChI=1S/C28H32N4O4/c1-34-23-8-6-19(7-9-23)24-10-11-27(30-29-24)31-13-4-5-21(17-31)28(33)32-14-12-20-15-25(35-2)26(36-3)16-22(20)18-32/h6-11,15-16,21H,4-5,12-14,17-18H2,1-3H3. The van der Waals surface area contributed by atoms with Crippen LogP contribution in [-0.2, 0) is 17.8 Å². The molecule has 2 aliphatic rings. The van der Waals surface area contributed by atoms with Crippen molar-refractivity contribution in [2.75, 3.05) is 45.9 Å². The zero-order chi connectivity index (χ0) is 25.1. The maximum absolute atomic E-state index is 13.5. The third-order valence-electron chi connectivity index (χ3n) is 7.16. The van der Waals surface area contributed by atoms with Crippen molar-refractivity contribution < 1.29 is 19.0 Å². The highest BCUT2D eigenvalue weighted by atomic mass is 16.5. The monoisotopic (exact) mass is 488 g/mol. The first kappa shape index (κ1) is 23.9. The van der Waals surface area contributed by atoms with Crippen LogP contribution in [-0.4, -0.2) is 62.0 Å². The summed E-state index contributed by atoms with van der Waals surface area (Å²) in [7, 11) is 4.94. The molecule has 36 heavy (non-hydrogen) atoms. The molecule has 2 aliphatic heterocycles. The average molecular weight is 489 g/mol. The summed E-state index contributed by atoms with van der Waals surface area (Å²) in [6, 6.07) is 15.8. The average Bonchev–Trinajstić information content (AvgIpc) is 2.96. The van der Waals surface area contributed by atoms with Crippen LogP contribution in [0.3, 0.4) is 0 Å². The predicted octanol–water partition coefficient (Wildman–Crippen LogP) is 3.97. The van der Waals surface area contributed by atoms with Crippen molar-refractivity contribution in [1.82, 2.24) is 15.1 Å². The number of carbonyl (C=O) groups excluding carboxylic acids is 1. The smallest absolute Gasteiger partial charge is 0.227 e. The highest BCUT2D eigenvalue weighted by molar-refractivity contribution is 5.80. The third-order valence-corrected chi connectivity index (χ3v) is 7.16. The Kier molecular flexibility index (Phi) is 6.93. The fraction of sp³-hybridized carbons (Fsp3) is 0.393. The molecule has 1 aromatic heterocycles. The number of piperidine rings is 1. The number of hydrogen-bond donors (Lipinski definition) is 0. The number of anilines is 1. The predicted molar refractivity (Wildman–Crippen MR) is 138 cm³/mol. The van der Waals surface area contributed by atoms with Gasteiger partial charge in [-0.25, -0.2) is 0 Å². The molecule has 3 aromatic rings. The van der Waals surface area contributed by atoms with E-state index in [4.69, 9.17) is 14.2 Å². The van der Waals surface area contributed by atoms with E-state index in [1.807, 2.05) is 53.4 Å². The normalized spacial score (nSPS) is 17.4. The van der Waals surface area contributed by atoms with Gasteiger partial charge in [0.2, 0.25) is 5.91 Å². The molecule has 1 fully saturated rings. The van der Waals surface area contributed by atoms with Crippen LogP contribution >= 0.6 is 0 Å². The molecule has 0 N–H and O–H groups in total. The van der Waals surface area contributed by atoms with E-state index in [1.165, 1.54) is 5.56 Å². The number of methoxy groups -OCH3 is 3. The summed E-state index contributed by atoms with van der Waals surface area (Å²) in [5, 5.41) is 8.93. The molecular formula is C28H32N4O4. The number of nitrogens with zero attached hydrogens (tertiary/aromatic N) is 4. The minimum atomic E-state index is -0.0523. The summed E-state index contributed by atoms with van der Waals surface area (Å²) in [6.45, 7) is 2.85. The van der Waals surface area contributed by atoms with E-state index < -0.39 is 0 Å².